The Hall–Kier alpha value is -4.03. The molecule has 1 saturated heterocycles. The quantitative estimate of drug-likeness (QED) is 0.356. The lowest BCUT2D eigenvalue weighted by atomic mass is 10.00. The van der Waals surface area contributed by atoms with Gasteiger partial charge in [-0.05, 0) is 45.4 Å². The molecule has 0 amide bonds. The van der Waals surface area contributed by atoms with Gasteiger partial charge in [-0.2, -0.15) is 13.2 Å². The monoisotopic (exact) mass is 563 g/mol. The van der Waals surface area contributed by atoms with Crippen LogP contribution in [0.4, 0.5) is 24.7 Å². The summed E-state index contributed by atoms with van der Waals surface area (Å²) in [5.74, 6) is -0.541. The van der Waals surface area contributed by atoms with Crippen molar-refractivity contribution in [2.45, 2.75) is 46.0 Å². The maximum atomic E-state index is 13.9. The number of carbonyl (C=O) groups is 2. The van der Waals surface area contributed by atoms with E-state index in [1.54, 1.807) is 67.8 Å². The molecule has 1 aliphatic heterocycles. The van der Waals surface area contributed by atoms with Gasteiger partial charge in [-0.25, -0.2) is 9.50 Å². The molecular weight excluding hydrogens is 531 g/mol. The lowest BCUT2D eigenvalue weighted by Crippen LogP contribution is -2.52. The molecule has 0 radical (unpaired) electrons. The van der Waals surface area contributed by atoms with Crippen molar-refractivity contribution in [2.75, 3.05) is 43.2 Å². The van der Waals surface area contributed by atoms with Crippen LogP contribution < -0.4 is 14.5 Å². The van der Waals surface area contributed by atoms with E-state index < -0.39 is 29.4 Å². The second-order valence-corrected chi connectivity index (χ2v) is 10.4. The van der Waals surface area contributed by atoms with E-state index in [-0.39, 0.29) is 55.9 Å². The molecule has 4 rings (SSSR count). The molecule has 0 bridgehead atoms. The number of imidazole rings is 1. The first-order valence-electron chi connectivity index (χ1n) is 12.8. The van der Waals surface area contributed by atoms with E-state index in [9.17, 15) is 22.8 Å². The first-order valence-corrected chi connectivity index (χ1v) is 12.8. The summed E-state index contributed by atoms with van der Waals surface area (Å²) in [5, 5.41) is 4.23. The van der Waals surface area contributed by atoms with E-state index in [0.717, 1.165) is 10.1 Å². The summed E-state index contributed by atoms with van der Waals surface area (Å²) in [5.41, 5.74) is -0.758. The molecule has 216 valence electrons. The molecule has 0 aliphatic carbocycles. The van der Waals surface area contributed by atoms with Crippen LogP contribution in [0, 0.1) is 5.92 Å². The van der Waals surface area contributed by atoms with Crippen LogP contribution >= 0.6 is 0 Å². The van der Waals surface area contributed by atoms with Crippen LogP contribution in [-0.4, -0.2) is 65.5 Å². The summed E-state index contributed by atoms with van der Waals surface area (Å²) >= 11 is 0. The normalized spacial score (nSPS) is 14.2. The van der Waals surface area contributed by atoms with Crippen LogP contribution in [0.2, 0.25) is 0 Å². The first kappa shape index (κ1) is 29.0. The molecule has 1 aromatic carbocycles. The van der Waals surface area contributed by atoms with Gasteiger partial charge in [0.15, 0.2) is 17.2 Å². The third-order valence-corrected chi connectivity index (χ3v) is 6.17. The van der Waals surface area contributed by atoms with Crippen LogP contribution in [-0.2, 0) is 31.8 Å². The van der Waals surface area contributed by atoms with Gasteiger partial charge in [-0.3, -0.25) is 9.59 Å². The van der Waals surface area contributed by atoms with E-state index in [2.05, 4.69) is 10.1 Å². The molecule has 2 aromatic heterocycles. The lowest BCUT2D eigenvalue weighted by molar-refractivity contribution is -0.160. The topological polar surface area (TPSA) is 98.5 Å². The van der Waals surface area contributed by atoms with Gasteiger partial charge in [-0.15, -0.1) is 5.10 Å². The van der Waals surface area contributed by atoms with Crippen molar-refractivity contribution < 1.29 is 37.0 Å². The summed E-state index contributed by atoms with van der Waals surface area (Å²) in [7, 11) is 1.54. The summed E-state index contributed by atoms with van der Waals surface area (Å²) < 4.78 is 58.2. The molecule has 3 heterocycles. The maximum Gasteiger partial charge on any atom is 0.435 e. The number of halogens is 3. The molecule has 0 saturated carbocycles. The zero-order valence-electron chi connectivity index (χ0n) is 23.0. The fourth-order valence-corrected chi connectivity index (χ4v) is 4.26. The van der Waals surface area contributed by atoms with Crippen molar-refractivity contribution in [3.05, 3.63) is 47.8 Å². The number of rotatable bonds is 9. The van der Waals surface area contributed by atoms with Crippen LogP contribution in [0.5, 0.6) is 5.75 Å². The Labute approximate surface area is 229 Å². The predicted octanol–water partition coefficient (Wildman–Crippen LogP) is 4.10. The van der Waals surface area contributed by atoms with Crippen molar-refractivity contribution in [1.82, 2.24) is 14.6 Å². The zero-order chi connectivity index (χ0) is 29.2. The largest absolute Gasteiger partial charge is 0.497 e. The number of aromatic nitrogens is 3. The second kappa shape index (κ2) is 11.2. The molecular formula is C27H32F3N5O5. The zero-order valence-corrected chi connectivity index (χ0v) is 23.0. The highest BCUT2D eigenvalue weighted by Crippen LogP contribution is 2.35. The summed E-state index contributed by atoms with van der Waals surface area (Å²) in [4.78, 5) is 32.4. The molecule has 1 fully saturated rings. The van der Waals surface area contributed by atoms with Crippen LogP contribution in [0.3, 0.4) is 0 Å². The molecule has 13 heteroatoms. The average Bonchev–Trinajstić information content (AvgIpc) is 3.26. The molecule has 0 spiro atoms. The van der Waals surface area contributed by atoms with E-state index in [4.69, 9.17) is 14.2 Å². The van der Waals surface area contributed by atoms with Gasteiger partial charge in [-0.1, -0.05) is 12.1 Å². The van der Waals surface area contributed by atoms with Crippen molar-refractivity contribution in [1.29, 1.82) is 0 Å². The fourth-order valence-electron chi connectivity index (χ4n) is 4.26. The minimum atomic E-state index is -4.72. The number of methoxy groups -OCH3 is 1. The lowest BCUT2D eigenvalue weighted by Gasteiger charge is -2.40. The summed E-state index contributed by atoms with van der Waals surface area (Å²) in [6.07, 6.45) is -4.01. The van der Waals surface area contributed by atoms with Gasteiger partial charge in [0.2, 0.25) is 0 Å². The third kappa shape index (κ3) is 6.57. The summed E-state index contributed by atoms with van der Waals surface area (Å²) in [6, 6.07) is 8.67. The number of hydrogen-bond acceptors (Lipinski definition) is 9. The molecule has 3 aromatic rings. The molecule has 1 aliphatic rings. The molecule has 0 unspecified atom stereocenters. The number of esters is 2. The number of ether oxygens (including phenoxy) is 3. The van der Waals surface area contributed by atoms with Crippen LogP contribution in [0.25, 0.3) is 5.65 Å². The number of alkyl halides is 3. The van der Waals surface area contributed by atoms with E-state index in [0.29, 0.717) is 11.9 Å². The number of nitrogens with zero attached hydrogens (tertiary/aromatic N) is 5. The minimum Gasteiger partial charge on any atom is -0.497 e. The Balaban J connectivity index is 1.74. The molecule has 10 nitrogen and oxygen atoms in total. The van der Waals surface area contributed by atoms with E-state index >= 15 is 0 Å². The smallest absolute Gasteiger partial charge is 0.435 e. The standard InChI is InChI=1S/C27H32F3N5O5/c1-6-39-23(36)16-33(13-17-7-9-19(38-5)10-8-17)20-11-22(32-35-21(27(28,29)30)12-31-24(20)35)34-14-18(15-34)25(37)40-26(2,3)4/h7-12,18H,6,13-16H2,1-5H3. The maximum absolute atomic E-state index is 13.9. The van der Waals surface area contributed by atoms with Crippen LogP contribution in [0.15, 0.2) is 36.5 Å². The van der Waals surface area contributed by atoms with Crippen molar-refractivity contribution in [2.24, 2.45) is 5.92 Å². The van der Waals surface area contributed by atoms with Crippen molar-refractivity contribution in [3.63, 3.8) is 0 Å². The first-order chi connectivity index (χ1) is 18.8. The highest BCUT2D eigenvalue weighted by molar-refractivity contribution is 5.81. The number of carbonyl (C=O) groups excluding carboxylic acids is 2. The SMILES string of the molecule is CCOC(=O)CN(Cc1ccc(OC)cc1)c1cc(N2CC(C(=O)OC(C)(C)C)C2)nn2c(C(F)(F)F)cnc12. The van der Waals surface area contributed by atoms with Gasteiger partial charge in [0, 0.05) is 25.7 Å². The Bertz CT molecular complexity index is 1360. The van der Waals surface area contributed by atoms with Gasteiger partial charge < -0.3 is 24.0 Å². The molecule has 0 atom stereocenters. The Kier molecular flexibility index (Phi) is 8.13. The van der Waals surface area contributed by atoms with Gasteiger partial charge in [0.05, 0.1) is 31.5 Å². The van der Waals surface area contributed by atoms with Gasteiger partial charge in [0.25, 0.3) is 0 Å². The van der Waals surface area contributed by atoms with Gasteiger partial charge in [0.1, 0.15) is 17.9 Å². The molecule has 40 heavy (non-hydrogen) atoms. The van der Waals surface area contributed by atoms with Crippen LogP contribution in [0.1, 0.15) is 39.0 Å². The van der Waals surface area contributed by atoms with Crippen molar-refractivity contribution in [3.8, 4) is 5.75 Å². The number of benzene rings is 1. The van der Waals surface area contributed by atoms with E-state index in [1.807, 2.05) is 0 Å². The highest BCUT2D eigenvalue weighted by atomic mass is 19.4. The average molecular weight is 564 g/mol. The second-order valence-electron chi connectivity index (χ2n) is 10.4. The highest BCUT2D eigenvalue weighted by Gasteiger charge is 2.39. The number of anilines is 2. The van der Waals surface area contributed by atoms with Crippen molar-refractivity contribution >= 4 is 29.1 Å². The summed E-state index contributed by atoms with van der Waals surface area (Å²) in [6.45, 7) is 7.48. The Morgan fingerprint density at radius 1 is 1.12 bits per heavy atom. The Morgan fingerprint density at radius 3 is 2.38 bits per heavy atom. The molecule has 0 N–H and O–H groups in total. The predicted molar refractivity (Wildman–Crippen MR) is 140 cm³/mol. The van der Waals surface area contributed by atoms with Gasteiger partial charge >= 0.3 is 18.1 Å². The fraction of sp³-hybridized carbons (Fsp3) is 0.481. The third-order valence-electron chi connectivity index (χ3n) is 6.17. The minimum absolute atomic E-state index is 0.0712. The van der Waals surface area contributed by atoms with E-state index in [1.165, 1.54) is 7.11 Å². The Morgan fingerprint density at radius 2 is 1.80 bits per heavy atom. The number of fused-ring (bicyclic) bond motifs is 1. The number of hydrogen-bond donors (Lipinski definition) is 0.